The highest BCUT2D eigenvalue weighted by Gasteiger charge is 2.90. The molecule has 15 heteroatoms. The molecule has 0 bridgehead atoms. The van der Waals surface area contributed by atoms with Crippen LogP contribution in [0.1, 0.15) is 19.3 Å². The predicted molar refractivity (Wildman–Crippen MR) is 67.8 cm³/mol. The second-order valence-corrected chi connectivity index (χ2v) is 5.45. The van der Waals surface area contributed by atoms with Gasteiger partial charge in [-0.15, -0.1) is 0 Å². The first-order valence-electron chi connectivity index (χ1n) is 7.06. The molecule has 0 spiro atoms. The molecular formula is C13H12F13NO. The van der Waals surface area contributed by atoms with E-state index >= 15 is 0 Å². The Hall–Kier alpha value is -1.70. The third-order valence-electron chi connectivity index (χ3n) is 3.40. The zero-order valence-electron chi connectivity index (χ0n) is 13.4. The lowest BCUT2D eigenvalue weighted by Gasteiger charge is -2.39. The molecule has 0 aliphatic carbocycles. The van der Waals surface area contributed by atoms with Gasteiger partial charge < -0.3 is 5.32 Å². The van der Waals surface area contributed by atoms with Gasteiger partial charge in [0, 0.05) is 13.0 Å². The lowest BCUT2D eigenvalue weighted by Crippen LogP contribution is -2.70. The summed E-state index contributed by atoms with van der Waals surface area (Å²) in [5.74, 6) is -37.5. The molecule has 0 aromatic heterocycles. The number of nitrogens with one attached hydrogen (secondary N) is 1. The molecule has 0 aliphatic heterocycles. The summed E-state index contributed by atoms with van der Waals surface area (Å²) in [5, 5.41) is 1.97. The van der Waals surface area contributed by atoms with Gasteiger partial charge in [0.25, 0.3) is 0 Å². The monoisotopic (exact) mass is 445 g/mol. The molecule has 0 aromatic rings. The van der Waals surface area contributed by atoms with Crippen molar-refractivity contribution in [2.45, 2.75) is 55.1 Å². The molecule has 0 heterocycles. The number of carbonyl (C=O) groups excluding carboxylic acids is 1. The van der Waals surface area contributed by atoms with Gasteiger partial charge in [-0.1, -0.05) is 6.58 Å². The van der Waals surface area contributed by atoms with Gasteiger partial charge in [-0.3, -0.25) is 4.79 Å². The molecule has 0 fully saturated rings. The highest BCUT2D eigenvalue weighted by Crippen LogP contribution is 2.60. The Balaban J connectivity index is 5.51. The molecular weight excluding hydrogens is 433 g/mol. The van der Waals surface area contributed by atoms with Crippen molar-refractivity contribution in [3.05, 3.63) is 12.7 Å². The van der Waals surface area contributed by atoms with E-state index in [4.69, 9.17) is 0 Å². The summed E-state index contributed by atoms with van der Waals surface area (Å²) in [6.45, 7) is 2.54. The maximum Gasteiger partial charge on any atom is 0.460 e. The summed E-state index contributed by atoms with van der Waals surface area (Å²) in [5.41, 5.74) is 0. The Morgan fingerprint density at radius 2 is 1.14 bits per heavy atom. The first-order valence-corrected chi connectivity index (χ1v) is 7.06. The number of alkyl halides is 13. The van der Waals surface area contributed by atoms with E-state index in [0.29, 0.717) is 0 Å². The van der Waals surface area contributed by atoms with Gasteiger partial charge in [-0.2, -0.15) is 57.1 Å². The van der Waals surface area contributed by atoms with E-state index in [2.05, 4.69) is 6.58 Å². The van der Waals surface area contributed by atoms with Crippen LogP contribution in [-0.2, 0) is 4.79 Å². The number of carbonyl (C=O) groups is 1. The van der Waals surface area contributed by atoms with Crippen molar-refractivity contribution < 1.29 is 61.9 Å². The molecule has 1 N–H and O–H groups in total. The van der Waals surface area contributed by atoms with E-state index < -0.39 is 67.5 Å². The average molecular weight is 445 g/mol. The van der Waals surface area contributed by atoms with Crippen molar-refractivity contribution in [3.8, 4) is 0 Å². The highest BCUT2D eigenvalue weighted by atomic mass is 19.4. The van der Waals surface area contributed by atoms with Gasteiger partial charge in [-0.25, -0.2) is 0 Å². The minimum atomic E-state index is -7.89. The van der Waals surface area contributed by atoms with Gasteiger partial charge in [-0.05, 0) is 18.9 Å². The zero-order valence-corrected chi connectivity index (χ0v) is 13.4. The fraction of sp³-hybridized carbons (Fsp3) is 0.769. The first kappa shape index (κ1) is 26.3. The Labute approximate surface area is 148 Å². The van der Waals surface area contributed by atoms with Crippen LogP contribution in [0.3, 0.4) is 0 Å². The maximum absolute atomic E-state index is 13.4. The first-order chi connectivity index (χ1) is 12.2. The fourth-order valence-corrected chi connectivity index (χ4v) is 1.71. The van der Waals surface area contributed by atoms with Crippen LogP contribution in [0.4, 0.5) is 57.1 Å². The minimum Gasteiger partial charge on any atom is -0.353 e. The topological polar surface area (TPSA) is 29.1 Å². The fourth-order valence-electron chi connectivity index (χ4n) is 1.71. The number of hydrogen-bond donors (Lipinski definition) is 1. The summed E-state index contributed by atoms with van der Waals surface area (Å²) in [6.07, 6.45) is -10.6. The van der Waals surface area contributed by atoms with Crippen LogP contribution in [0.15, 0.2) is 12.7 Å². The van der Waals surface area contributed by atoms with Crippen LogP contribution in [0.25, 0.3) is 0 Å². The SMILES string of the molecule is C=CC(=O)NCCCCC(F)(F)C(F)(F)C(F)(F)C(F)(F)C(F)(F)C(F)(F)F. The van der Waals surface area contributed by atoms with E-state index in [0.717, 1.165) is 6.08 Å². The molecule has 0 aromatic carbocycles. The number of hydrogen-bond acceptors (Lipinski definition) is 1. The molecule has 2 nitrogen and oxygen atoms in total. The Morgan fingerprint density at radius 3 is 1.54 bits per heavy atom. The molecule has 0 aliphatic rings. The van der Waals surface area contributed by atoms with Crippen molar-refractivity contribution in [2.24, 2.45) is 0 Å². The summed E-state index contributed by atoms with van der Waals surface area (Å²) in [7, 11) is 0. The van der Waals surface area contributed by atoms with Gasteiger partial charge in [0.15, 0.2) is 0 Å². The Bertz CT molecular complexity index is 567. The third-order valence-corrected chi connectivity index (χ3v) is 3.40. The third kappa shape index (κ3) is 4.47. The van der Waals surface area contributed by atoms with Gasteiger partial charge in [0.1, 0.15) is 0 Å². The van der Waals surface area contributed by atoms with Gasteiger partial charge in [0.2, 0.25) is 5.91 Å². The molecule has 1 amide bonds. The van der Waals surface area contributed by atoms with E-state index in [1.807, 2.05) is 5.32 Å². The largest absolute Gasteiger partial charge is 0.460 e. The van der Waals surface area contributed by atoms with Crippen molar-refractivity contribution in [2.75, 3.05) is 6.54 Å². The van der Waals surface area contributed by atoms with E-state index in [-0.39, 0.29) is 0 Å². The van der Waals surface area contributed by atoms with Crippen LogP contribution >= 0.6 is 0 Å². The van der Waals surface area contributed by atoms with Crippen LogP contribution in [-0.4, -0.2) is 48.2 Å². The molecule has 0 rings (SSSR count). The number of amides is 1. The second-order valence-electron chi connectivity index (χ2n) is 5.45. The molecule has 0 saturated carbocycles. The van der Waals surface area contributed by atoms with Gasteiger partial charge >= 0.3 is 35.8 Å². The van der Waals surface area contributed by atoms with Crippen molar-refractivity contribution in [1.82, 2.24) is 5.32 Å². The maximum atomic E-state index is 13.4. The lowest BCUT2D eigenvalue weighted by atomic mass is 9.91. The lowest BCUT2D eigenvalue weighted by molar-refractivity contribution is -0.440. The van der Waals surface area contributed by atoms with Crippen LogP contribution in [0, 0.1) is 0 Å². The Kier molecular flexibility index (Phi) is 7.48. The summed E-state index contributed by atoms with van der Waals surface area (Å²) in [4.78, 5) is 10.7. The van der Waals surface area contributed by atoms with Crippen molar-refractivity contribution >= 4 is 5.91 Å². The molecule has 28 heavy (non-hydrogen) atoms. The molecule has 166 valence electrons. The van der Waals surface area contributed by atoms with E-state index in [9.17, 15) is 61.9 Å². The predicted octanol–water partition coefficient (Wildman–Crippen LogP) is 5.20. The summed E-state index contributed by atoms with van der Waals surface area (Å²) in [6, 6.07) is 0. The second kappa shape index (κ2) is 7.97. The number of unbranched alkanes of at least 4 members (excludes halogenated alkanes) is 1. The van der Waals surface area contributed by atoms with Crippen LogP contribution in [0.2, 0.25) is 0 Å². The number of rotatable bonds is 10. The summed E-state index contributed by atoms with van der Waals surface area (Å²) >= 11 is 0. The summed E-state index contributed by atoms with van der Waals surface area (Å²) < 4.78 is 167. The van der Waals surface area contributed by atoms with Gasteiger partial charge in [0.05, 0.1) is 0 Å². The molecule has 0 unspecified atom stereocenters. The smallest absolute Gasteiger partial charge is 0.353 e. The number of halogens is 13. The molecule has 0 atom stereocenters. The molecule has 0 radical (unpaired) electrons. The zero-order chi connectivity index (χ0) is 22.8. The van der Waals surface area contributed by atoms with Crippen LogP contribution < -0.4 is 5.32 Å². The van der Waals surface area contributed by atoms with Crippen molar-refractivity contribution in [1.29, 1.82) is 0 Å². The van der Waals surface area contributed by atoms with Crippen molar-refractivity contribution in [3.63, 3.8) is 0 Å². The molecule has 0 saturated heterocycles. The average Bonchev–Trinajstić information content (AvgIpc) is 2.52. The normalized spacial score (nSPS) is 14.8. The minimum absolute atomic E-state index is 0.453. The quantitative estimate of drug-likeness (QED) is 0.280. The standard InChI is InChI=1S/C13H12F13NO/c1-2-7(28)27-6-4-3-5-8(14,15)9(16,17)10(18,19)11(20,21)12(22,23)13(24,25)26/h2H,1,3-6H2,(H,27,28). The van der Waals surface area contributed by atoms with Crippen LogP contribution in [0.5, 0.6) is 0 Å². The Morgan fingerprint density at radius 1 is 0.714 bits per heavy atom. The van der Waals surface area contributed by atoms with E-state index in [1.165, 1.54) is 0 Å². The van der Waals surface area contributed by atoms with E-state index in [1.54, 1.807) is 0 Å². The highest BCUT2D eigenvalue weighted by molar-refractivity contribution is 5.86.